The van der Waals surface area contributed by atoms with Gasteiger partial charge in [0, 0.05) is 49.8 Å². The van der Waals surface area contributed by atoms with Gasteiger partial charge in [-0.3, -0.25) is 0 Å². The summed E-state index contributed by atoms with van der Waals surface area (Å²) >= 11 is 0. The fraction of sp³-hybridized carbons (Fsp3) is 0.0175. The van der Waals surface area contributed by atoms with Gasteiger partial charge in [0.2, 0.25) is 0 Å². The van der Waals surface area contributed by atoms with Gasteiger partial charge in [0.1, 0.15) is 0 Å². The van der Waals surface area contributed by atoms with Crippen LogP contribution < -0.4 is 0 Å². The van der Waals surface area contributed by atoms with Gasteiger partial charge in [-0.2, -0.15) is 0 Å². The molecule has 0 spiro atoms. The highest BCUT2D eigenvalue weighted by molar-refractivity contribution is 6.11. The van der Waals surface area contributed by atoms with Crippen molar-refractivity contribution < 1.29 is 0 Å². The van der Waals surface area contributed by atoms with Crippen molar-refractivity contribution in [3.05, 3.63) is 230 Å². The summed E-state index contributed by atoms with van der Waals surface area (Å²) in [6.45, 7) is 4.65. The monoisotopic (exact) mass is 780 g/mol. The van der Waals surface area contributed by atoms with Crippen LogP contribution in [0.25, 0.3) is 101 Å². The van der Waals surface area contributed by atoms with Crippen LogP contribution in [0.3, 0.4) is 0 Å². The SMILES string of the molecule is C=C1/C=C\C=C/C/C=C\c2c1c1cc(-c3ccc4c(c3)c3ccccc3n4-c3ccccc3)ccc1n2-c1cccc(-c2nc(-c3ccccc3)cc(-c3ccccc3)n2)c1. The van der Waals surface area contributed by atoms with Crippen LogP contribution in [0.1, 0.15) is 17.7 Å². The van der Waals surface area contributed by atoms with E-state index in [2.05, 4.69) is 222 Å². The molecule has 3 aromatic heterocycles. The van der Waals surface area contributed by atoms with E-state index in [0.29, 0.717) is 5.82 Å². The summed E-state index contributed by atoms with van der Waals surface area (Å²) in [6, 6.07) is 64.4. The highest BCUT2D eigenvalue weighted by Crippen LogP contribution is 2.40. The molecule has 0 radical (unpaired) electrons. The highest BCUT2D eigenvalue weighted by atomic mass is 15.0. The summed E-state index contributed by atoms with van der Waals surface area (Å²) in [5, 5.41) is 3.60. The number of benzene rings is 7. The zero-order chi connectivity index (χ0) is 40.7. The van der Waals surface area contributed by atoms with Crippen LogP contribution in [0.2, 0.25) is 0 Å². The summed E-state index contributed by atoms with van der Waals surface area (Å²) < 4.78 is 4.73. The van der Waals surface area contributed by atoms with Crippen molar-refractivity contribution in [2.45, 2.75) is 6.42 Å². The van der Waals surface area contributed by atoms with Gasteiger partial charge >= 0.3 is 0 Å². The van der Waals surface area contributed by atoms with Crippen LogP contribution in [-0.2, 0) is 0 Å². The smallest absolute Gasteiger partial charge is 0.160 e. The van der Waals surface area contributed by atoms with E-state index in [0.717, 1.165) is 84.7 Å². The van der Waals surface area contributed by atoms with Gasteiger partial charge in [0.15, 0.2) is 5.82 Å². The normalized spacial score (nSPS) is 14.3. The molecule has 4 nitrogen and oxygen atoms in total. The Morgan fingerprint density at radius 1 is 0.410 bits per heavy atom. The summed E-state index contributed by atoms with van der Waals surface area (Å²) in [5.74, 6) is 0.675. The molecule has 0 bridgehead atoms. The fourth-order valence-electron chi connectivity index (χ4n) is 8.82. The Kier molecular flexibility index (Phi) is 9.02. The van der Waals surface area contributed by atoms with Crippen molar-refractivity contribution in [3.63, 3.8) is 0 Å². The zero-order valence-electron chi connectivity index (χ0n) is 33.5. The Labute approximate surface area is 355 Å². The van der Waals surface area contributed by atoms with Crippen LogP contribution >= 0.6 is 0 Å². The van der Waals surface area contributed by atoms with Gasteiger partial charge < -0.3 is 9.13 Å². The molecular formula is C57H40N4. The number of hydrogen-bond donors (Lipinski definition) is 0. The Balaban J connectivity index is 1.09. The highest BCUT2D eigenvalue weighted by Gasteiger charge is 2.21. The van der Waals surface area contributed by atoms with Gasteiger partial charge in [-0.25, -0.2) is 9.97 Å². The summed E-state index contributed by atoms with van der Waals surface area (Å²) in [4.78, 5) is 10.3. The molecule has 0 saturated heterocycles. The van der Waals surface area contributed by atoms with Gasteiger partial charge in [0.05, 0.1) is 33.6 Å². The second kappa shape index (κ2) is 15.3. The van der Waals surface area contributed by atoms with E-state index in [1.54, 1.807) is 0 Å². The first-order valence-corrected chi connectivity index (χ1v) is 20.8. The molecule has 1 aliphatic rings. The first-order valence-electron chi connectivity index (χ1n) is 20.8. The average molecular weight is 781 g/mol. The molecule has 11 rings (SSSR count). The third kappa shape index (κ3) is 6.52. The molecule has 61 heavy (non-hydrogen) atoms. The molecule has 0 N–H and O–H groups in total. The van der Waals surface area contributed by atoms with E-state index in [1.807, 2.05) is 12.1 Å². The molecule has 288 valence electrons. The third-order valence-electron chi connectivity index (χ3n) is 11.7. The number of fused-ring (bicyclic) bond motifs is 6. The van der Waals surface area contributed by atoms with Crippen molar-refractivity contribution in [3.8, 4) is 56.4 Å². The van der Waals surface area contributed by atoms with Gasteiger partial charge in [-0.1, -0.05) is 158 Å². The van der Waals surface area contributed by atoms with E-state index in [-0.39, 0.29) is 0 Å². The standard InChI is InChI=1S/C57H40N4/c1-39-19-8-3-2-4-15-30-55-56(39)49-37-43(42-31-33-53-48(36-42)47-28-16-17-29-52(47)60(53)45-25-13-7-14-26-45)32-34-54(49)61(55)46-27-18-24-44(35-46)57-58-50(40-20-9-5-10-21-40)38-51(59-57)41-22-11-6-12-23-41/h2-3,5-38H,1,4H2/b3-2-,19-8-,30-15-. The second-order valence-electron chi connectivity index (χ2n) is 15.4. The summed E-state index contributed by atoms with van der Waals surface area (Å²) in [6.07, 6.45) is 13.8. The topological polar surface area (TPSA) is 35.6 Å². The number of para-hydroxylation sites is 2. The second-order valence-corrected chi connectivity index (χ2v) is 15.4. The molecule has 0 aliphatic heterocycles. The lowest BCUT2D eigenvalue weighted by Gasteiger charge is -2.13. The fourth-order valence-corrected chi connectivity index (χ4v) is 8.82. The predicted molar refractivity (Wildman–Crippen MR) is 256 cm³/mol. The van der Waals surface area contributed by atoms with Crippen LogP contribution in [0.5, 0.6) is 0 Å². The minimum Gasteiger partial charge on any atom is -0.309 e. The first-order chi connectivity index (χ1) is 30.2. The largest absolute Gasteiger partial charge is 0.309 e. The summed E-state index contributed by atoms with van der Waals surface area (Å²) in [7, 11) is 0. The first kappa shape index (κ1) is 36.0. The van der Waals surface area contributed by atoms with Gasteiger partial charge in [0.25, 0.3) is 0 Å². The Hall–Kier alpha value is -8.08. The molecule has 0 saturated carbocycles. The maximum atomic E-state index is 5.17. The van der Waals surface area contributed by atoms with E-state index < -0.39 is 0 Å². The van der Waals surface area contributed by atoms with E-state index >= 15 is 0 Å². The lowest BCUT2D eigenvalue weighted by molar-refractivity contribution is 1.10. The molecule has 7 aromatic carbocycles. The maximum absolute atomic E-state index is 5.17. The van der Waals surface area contributed by atoms with Gasteiger partial charge in [-0.05, 0) is 89.9 Å². The molecule has 10 aromatic rings. The number of hydrogen-bond acceptors (Lipinski definition) is 2. The van der Waals surface area contributed by atoms with Crippen molar-refractivity contribution in [2.24, 2.45) is 0 Å². The molecule has 0 atom stereocenters. The number of nitrogens with zero attached hydrogens (tertiary/aromatic N) is 4. The Morgan fingerprint density at radius 2 is 1.00 bits per heavy atom. The molecule has 0 unspecified atom stereocenters. The van der Waals surface area contributed by atoms with E-state index in [9.17, 15) is 0 Å². The van der Waals surface area contributed by atoms with Crippen molar-refractivity contribution >= 4 is 44.4 Å². The van der Waals surface area contributed by atoms with Crippen LogP contribution in [0.4, 0.5) is 0 Å². The summed E-state index contributed by atoms with van der Waals surface area (Å²) in [5.41, 5.74) is 15.9. The minimum atomic E-state index is 0.675. The van der Waals surface area contributed by atoms with E-state index in [1.165, 1.54) is 21.8 Å². The van der Waals surface area contributed by atoms with Crippen molar-refractivity contribution in [1.29, 1.82) is 0 Å². The molecule has 0 amide bonds. The molecular weight excluding hydrogens is 741 g/mol. The van der Waals surface area contributed by atoms with Crippen LogP contribution in [0, 0.1) is 0 Å². The molecule has 1 aliphatic carbocycles. The van der Waals surface area contributed by atoms with Crippen molar-refractivity contribution in [1.82, 2.24) is 19.1 Å². The molecule has 0 fully saturated rings. The van der Waals surface area contributed by atoms with E-state index in [4.69, 9.17) is 9.97 Å². The Bertz CT molecular complexity index is 3320. The number of allylic oxidation sites excluding steroid dienone is 6. The number of aromatic nitrogens is 4. The minimum absolute atomic E-state index is 0.675. The lowest BCUT2D eigenvalue weighted by atomic mass is 9.97. The zero-order valence-corrected chi connectivity index (χ0v) is 33.5. The lowest BCUT2D eigenvalue weighted by Crippen LogP contribution is -2.00. The molecule has 3 heterocycles. The quantitative estimate of drug-likeness (QED) is 0.168. The van der Waals surface area contributed by atoms with Gasteiger partial charge in [-0.15, -0.1) is 0 Å². The Morgan fingerprint density at radius 3 is 1.72 bits per heavy atom. The maximum Gasteiger partial charge on any atom is 0.160 e. The third-order valence-corrected chi connectivity index (χ3v) is 11.7. The predicted octanol–water partition coefficient (Wildman–Crippen LogP) is 14.7. The van der Waals surface area contributed by atoms with Crippen LogP contribution in [0.15, 0.2) is 219 Å². The van der Waals surface area contributed by atoms with Crippen LogP contribution in [-0.4, -0.2) is 19.1 Å². The van der Waals surface area contributed by atoms with Crippen molar-refractivity contribution in [2.75, 3.05) is 0 Å². The average Bonchev–Trinajstić information content (AvgIpc) is 3.84. The number of rotatable bonds is 6. The molecule has 4 heteroatoms.